The van der Waals surface area contributed by atoms with Gasteiger partial charge in [-0.1, -0.05) is 6.58 Å². The summed E-state index contributed by atoms with van der Waals surface area (Å²) in [5.41, 5.74) is 10.8. The first kappa shape index (κ1) is 18.8. The van der Waals surface area contributed by atoms with Crippen molar-refractivity contribution in [2.75, 3.05) is 32.0 Å². The molecule has 0 atom stereocenters. The van der Waals surface area contributed by atoms with E-state index in [9.17, 15) is 13.2 Å². The molecule has 0 amide bonds. The molecule has 0 aromatic carbocycles. The van der Waals surface area contributed by atoms with Crippen LogP contribution in [0.5, 0.6) is 0 Å². The van der Waals surface area contributed by atoms with Gasteiger partial charge in [0.1, 0.15) is 5.82 Å². The van der Waals surface area contributed by atoms with Crippen molar-refractivity contribution >= 4 is 17.4 Å². The van der Waals surface area contributed by atoms with Crippen LogP contribution in [-0.4, -0.2) is 42.1 Å². The number of hydrogen-bond donors (Lipinski definition) is 2. The Hall–Kier alpha value is -2.55. The minimum absolute atomic E-state index is 0.121. The molecule has 1 aliphatic heterocycles. The lowest BCUT2D eigenvalue weighted by Crippen LogP contribution is -2.44. The summed E-state index contributed by atoms with van der Waals surface area (Å²) in [7, 11) is 0. The molecule has 4 N–H and O–H groups in total. The van der Waals surface area contributed by atoms with Crippen molar-refractivity contribution in [1.82, 2.24) is 9.88 Å². The number of alkyl halides is 3. The van der Waals surface area contributed by atoms with E-state index >= 15 is 0 Å². The second-order valence-corrected chi connectivity index (χ2v) is 5.53. The van der Waals surface area contributed by atoms with Crippen LogP contribution in [0.25, 0.3) is 5.57 Å². The van der Waals surface area contributed by atoms with Gasteiger partial charge in [0, 0.05) is 30.5 Å². The van der Waals surface area contributed by atoms with E-state index in [4.69, 9.17) is 16.2 Å². The zero-order valence-corrected chi connectivity index (χ0v) is 13.8. The maximum atomic E-state index is 13.2. The van der Waals surface area contributed by atoms with Crippen LogP contribution in [0.2, 0.25) is 0 Å². The number of allylic oxidation sites excluding steroid dienone is 3. The van der Waals surface area contributed by atoms with Gasteiger partial charge >= 0.3 is 6.18 Å². The van der Waals surface area contributed by atoms with Crippen molar-refractivity contribution in [3.63, 3.8) is 0 Å². The highest BCUT2D eigenvalue weighted by Crippen LogP contribution is 2.35. The molecule has 0 unspecified atom stereocenters. The lowest BCUT2D eigenvalue weighted by atomic mass is 10.0. The Bertz CT molecular complexity index is 706. The third-order valence-electron chi connectivity index (χ3n) is 3.59. The Balaban J connectivity index is 2.24. The molecule has 0 aliphatic carbocycles. The normalized spacial score (nSPS) is 16.9. The number of nitrogens with zero attached hydrogens (tertiary/aromatic N) is 3. The highest BCUT2D eigenvalue weighted by atomic mass is 19.4. The zero-order valence-electron chi connectivity index (χ0n) is 13.8. The molecule has 6 nitrogen and oxygen atoms in total. The molecule has 9 heteroatoms. The van der Waals surface area contributed by atoms with E-state index in [1.54, 1.807) is 6.92 Å². The fraction of sp³-hybridized carbons (Fsp3) is 0.375. The first-order valence-corrected chi connectivity index (χ1v) is 7.55. The van der Waals surface area contributed by atoms with Crippen LogP contribution in [0.3, 0.4) is 0 Å². The van der Waals surface area contributed by atoms with Gasteiger partial charge in [-0.05, 0) is 24.6 Å². The summed E-state index contributed by atoms with van der Waals surface area (Å²) in [6.45, 7) is 7.66. The van der Waals surface area contributed by atoms with Crippen LogP contribution in [-0.2, 0) is 10.9 Å². The number of nitrogen functional groups attached to an aromatic ring is 1. The van der Waals surface area contributed by atoms with E-state index in [1.807, 2.05) is 4.90 Å². The van der Waals surface area contributed by atoms with Gasteiger partial charge in [-0.15, -0.1) is 0 Å². The Morgan fingerprint density at radius 3 is 2.64 bits per heavy atom. The molecule has 25 heavy (non-hydrogen) atoms. The number of halogens is 3. The molecular formula is C16H20F3N5O. The van der Waals surface area contributed by atoms with Crippen LogP contribution in [0.4, 0.5) is 19.0 Å². The van der Waals surface area contributed by atoms with Crippen molar-refractivity contribution in [2.24, 2.45) is 10.7 Å². The maximum absolute atomic E-state index is 13.2. The number of morpholine rings is 1. The van der Waals surface area contributed by atoms with Gasteiger partial charge in [-0.3, -0.25) is 0 Å². The Morgan fingerprint density at radius 2 is 2.04 bits per heavy atom. The number of aromatic nitrogens is 1. The van der Waals surface area contributed by atoms with Crippen molar-refractivity contribution in [2.45, 2.75) is 13.1 Å². The Labute approximate surface area is 143 Å². The van der Waals surface area contributed by atoms with Gasteiger partial charge in [-0.25, -0.2) is 9.98 Å². The molecule has 1 aromatic rings. The van der Waals surface area contributed by atoms with Gasteiger partial charge in [0.25, 0.3) is 0 Å². The fourth-order valence-electron chi connectivity index (χ4n) is 2.37. The molecule has 0 radical (unpaired) electrons. The molecule has 0 spiro atoms. The number of aliphatic imine (C=N–C) groups is 1. The molecule has 0 bridgehead atoms. The first-order chi connectivity index (χ1) is 11.7. The average Bonchev–Trinajstić information content (AvgIpc) is 2.54. The third-order valence-corrected chi connectivity index (χ3v) is 3.59. The first-order valence-electron chi connectivity index (χ1n) is 7.55. The number of guanidine groups is 1. The predicted molar refractivity (Wildman–Crippen MR) is 90.5 cm³/mol. The lowest BCUT2D eigenvalue weighted by molar-refractivity contribution is -0.137. The predicted octanol–water partition coefficient (Wildman–Crippen LogP) is 2.25. The minimum atomic E-state index is -4.56. The maximum Gasteiger partial charge on any atom is 0.417 e. The second kappa shape index (κ2) is 7.56. The van der Waals surface area contributed by atoms with Crippen LogP contribution in [0.15, 0.2) is 35.6 Å². The van der Waals surface area contributed by atoms with Crippen molar-refractivity contribution in [3.05, 3.63) is 41.7 Å². The van der Waals surface area contributed by atoms with Gasteiger partial charge in [0.2, 0.25) is 0 Å². The largest absolute Gasteiger partial charge is 0.417 e. The molecule has 0 saturated carbocycles. The Morgan fingerprint density at radius 1 is 1.40 bits per heavy atom. The molecule has 136 valence electrons. The quantitative estimate of drug-likeness (QED) is 0.493. The summed E-state index contributed by atoms with van der Waals surface area (Å²) >= 11 is 0. The van der Waals surface area contributed by atoms with Crippen molar-refractivity contribution in [1.29, 1.82) is 0 Å². The highest BCUT2D eigenvalue weighted by molar-refractivity contribution is 5.80. The van der Waals surface area contributed by atoms with Crippen LogP contribution < -0.4 is 11.5 Å². The zero-order chi connectivity index (χ0) is 18.6. The van der Waals surface area contributed by atoms with Gasteiger partial charge < -0.3 is 21.1 Å². The number of pyridine rings is 1. The van der Waals surface area contributed by atoms with E-state index in [-0.39, 0.29) is 22.9 Å². The summed E-state index contributed by atoms with van der Waals surface area (Å²) in [6.07, 6.45) is -2.08. The number of hydrogen-bond acceptors (Lipinski definition) is 4. The summed E-state index contributed by atoms with van der Waals surface area (Å²) in [6, 6.07) is 0.787. The molecule has 2 rings (SSSR count). The van der Waals surface area contributed by atoms with Crippen molar-refractivity contribution in [3.8, 4) is 0 Å². The SMILES string of the molecule is C=C(/C=C(/C)N=C(N)N1CCOCC1)c1cnc(N)cc1C(F)(F)F. The van der Waals surface area contributed by atoms with E-state index in [1.165, 1.54) is 6.08 Å². The van der Waals surface area contributed by atoms with Gasteiger partial charge in [0.15, 0.2) is 5.96 Å². The molecular weight excluding hydrogens is 335 g/mol. The van der Waals surface area contributed by atoms with Crippen LogP contribution in [0.1, 0.15) is 18.1 Å². The third kappa shape index (κ3) is 4.96. The highest BCUT2D eigenvalue weighted by Gasteiger charge is 2.34. The van der Waals surface area contributed by atoms with Crippen LogP contribution >= 0.6 is 0 Å². The topological polar surface area (TPSA) is 89.8 Å². The minimum Gasteiger partial charge on any atom is -0.384 e. The molecule has 1 aliphatic rings. The summed E-state index contributed by atoms with van der Waals surface area (Å²) in [5.74, 6) is 0.0792. The molecule has 1 fully saturated rings. The van der Waals surface area contributed by atoms with E-state index in [2.05, 4.69) is 16.6 Å². The molecule has 1 aromatic heterocycles. The lowest BCUT2D eigenvalue weighted by Gasteiger charge is -2.27. The van der Waals surface area contributed by atoms with E-state index in [0.717, 1.165) is 12.3 Å². The number of ether oxygens (including phenoxy) is 1. The van der Waals surface area contributed by atoms with Gasteiger partial charge in [-0.2, -0.15) is 13.2 Å². The Kier molecular flexibility index (Phi) is 5.68. The summed E-state index contributed by atoms with van der Waals surface area (Å²) in [5, 5.41) is 0. The smallest absolute Gasteiger partial charge is 0.384 e. The van der Waals surface area contributed by atoms with Gasteiger partial charge in [0.05, 0.1) is 18.8 Å². The summed E-state index contributed by atoms with van der Waals surface area (Å²) in [4.78, 5) is 9.78. The monoisotopic (exact) mass is 355 g/mol. The number of rotatable bonds is 3. The van der Waals surface area contributed by atoms with Crippen LogP contribution in [0, 0.1) is 0 Å². The molecule has 2 heterocycles. The van der Waals surface area contributed by atoms with Crippen molar-refractivity contribution < 1.29 is 17.9 Å². The second-order valence-electron chi connectivity index (χ2n) is 5.53. The fourth-order valence-corrected chi connectivity index (χ4v) is 2.37. The number of anilines is 1. The summed E-state index contributed by atoms with van der Waals surface area (Å²) < 4.78 is 44.7. The number of nitrogens with two attached hydrogens (primary N) is 2. The average molecular weight is 355 g/mol. The van der Waals surface area contributed by atoms with E-state index in [0.29, 0.717) is 32.0 Å². The van der Waals surface area contributed by atoms with E-state index < -0.39 is 11.7 Å². The molecule has 1 saturated heterocycles. The standard InChI is InChI=1S/C16H20F3N5O/c1-10(12-9-22-14(20)8-13(12)16(17,18)19)7-11(2)23-15(21)24-3-5-25-6-4-24/h7-9H,1,3-6H2,2H3,(H2,20,22)(H2,21,23)/b11-7-.